The molecule has 1 N–H and O–H groups in total. The van der Waals surface area contributed by atoms with E-state index >= 15 is 0 Å². The van der Waals surface area contributed by atoms with Crippen LogP contribution in [-0.4, -0.2) is 28.3 Å². The standard InChI is InChI=1S/C20H28N2O2/c1-3-20(2)19(24)22(14-15-10-6-4-7-11-15)17(18(23)21-20)16-12-8-5-9-13-16/h4,6-7,10-11,16-17H,3,5,8-9,12-14H2,1-2H3,(H,21,23). The molecule has 0 aromatic heterocycles. The van der Waals surface area contributed by atoms with E-state index in [-0.39, 0.29) is 23.8 Å². The van der Waals surface area contributed by atoms with Crippen LogP contribution < -0.4 is 5.32 Å². The Balaban J connectivity index is 1.91. The summed E-state index contributed by atoms with van der Waals surface area (Å²) in [6.45, 7) is 4.33. The minimum Gasteiger partial charge on any atom is -0.340 e. The quantitative estimate of drug-likeness (QED) is 0.922. The maximum Gasteiger partial charge on any atom is 0.249 e. The normalized spacial score (nSPS) is 28.8. The van der Waals surface area contributed by atoms with Gasteiger partial charge in [-0.2, -0.15) is 0 Å². The molecule has 2 unspecified atom stereocenters. The Morgan fingerprint density at radius 3 is 2.42 bits per heavy atom. The first-order valence-electron chi connectivity index (χ1n) is 9.22. The predicted octanol–water partition coefficient (Wildman–Crippen LogP) is 3.26. The Morgan fingerprint density at radius 2 is 1.79 bits per heavy atom. The molecule has 2 fully saturated rings. The van der Waals surface area contributed by atoms with Crippen molar-refractivity contribution in [2.24, 2.45) is 5.92 Å². The summed E-state index contributed by atoms with van der Waals surface area (Å²) in [6, 6.07) is 9.68. The lowest BCUT2D eigenvalue weighted by atomic mass is 9.79. The first-order valence-corrected chi connectivity index (χ1v) is 9.22. The number of benzene rings is 1. The Hall–Kier alpha value is -1.84. The van der Waals surface area contributed by atoms with Crippen LogP contribution >= 0.6 is 0 Å². The SMILES string of the molecule is CCC1(C)NC(=O)C(C2CCCCC2)N(Cc2ccccc2)C1=O. The molecule has 2 aliphatic rings. The van der Waals surface area contributed by atoms with Crippen LogP contribution in [0.5, 0.6) is 0 Å². The van der Waals surface area contributed by atoms with E-state index in [4.69, 9.17) is 0 Å². The fraction of sp³-hybridized carbons (Fsp3) is 0.600. The number of amides is 2. The molecule has 1 aliphatic heterocycles. The molecular formula is C20H28N2O2. The van der Waals surface area contributed by atoms with Gasteiger partial charge < -0.3 is 10.2 Å². The third-order valence-electron chi connectivity index (χ3n) is 5.74. The summed E-state index contributed by atoms with van der Waals surface area (Å²) in [6.07, 6.45) is 6.25. The molecule has 1 aromatic rings. The van der Waals surface area contributed by atoms with Crippen LogP contribution in [0.2, 0.25) is 0 Å². The molecule has 130 valence electrons. The number of rotatable bonds is 4. The molecule has 4 nitrogen and oxygen atoms in total. The van der Waals surface area contributed by atoms with Crippen LogP contribution in [-0.2, 0) is 16.1 Å². The van der Waals surface area contributed by atoms with Crippen LogP contribution in [0.15, 0.2) is 30.3 Å². The highest BCUT2D eigenvalue weighted by Gasteiger charge is 2.49. The molecule has 1 aromatic carbocycles. The molecule has 0 spiro atoms. The summed E-state index contributed by atoms with van der Waals surface area (Å²) < 4.78 is 0. The number of carbonyl (C=O) groups excluding carboxylic acids is 2. The molecule has 4 heteroatoms. The molecule has 0 radical (unpaired) electrons. The average Bonchev–Trinajstić information content (AvgIpc) is 2.61. The van der Waals surface area contributed by atoms with E-state index in [1.807, 2.05) is 49.1 Å². The van der Waals surface area contributed by atoms with Gasteiger partial charge in [0.25, 0.3) is 0 Å². The second-order valence-corrected chi connectivity index (χ2v) is 7.44. The molecule has 3 rings (SSSR count). The largest absolute Gasteiger partial charge is 0.340 e. The van der Waals surface area contributed by atoms with Crippen LogP contribution in [0.1, 0.15) is 57.9 Å². The fourth-order valence-electron chi connectivity index (χ4n) is 4.09. The van der Waals surface area contributed by atoms with Crippen molar-refractivity contribution >= 4 is 11.8 Å². The molecule has 1 aliphatic carbocycles. The second kappa shape index (κ2) is 6.96. The van der Waals surface area contributed by atoms with Gasteiger partial charge in [-0.3, -0.25) is 9.59 Å². The van der Waals surface area contributed by atoms with Gasteiger partial charge in [-0.1, -0.05) is 56.5 Å². The summed E-state index contributed by atoms with van der Waals surface area (Å²) in [5.74, 6) is 0.374. The number of nitrogens with one attached hydrogen (secondary N) is 1. The van der Waals surface area contributed by atoms with Gasteiger partial charge in [0.15, 0.2) is 0 Å². The molecular weight excluding hydrogens is 300 g/mol. The highest BCUT2D eigenvalue weighted by Crippen LogP contribution is 2.34. The first-order chi connectivity index (χ1) is 11.5. The lowest BCUT2D eigenvalue weighted by Crippen LogP contribution is -2.70. The fourth-order valence-corrected chi connectivity index (χ4v) is 4.09. The van der Waals surface area contributed by atoms with Crippen molar-refractivity contribution in [2.75, 3.05) is 0 Å². The van der Waals surface area contributed by atoms with E-state index in [0.717, 1.165) is 31.2 Å². The van der Waals surface area contributed by atoms with Crippen molar-refractivity contribution in [2.45, 2.75) is 70.5 Å². The van der Waals surface area contributed by atoms with E-state index in [1.165, 1.54) is 6.42 Å². The number of nitrogens with zero attached hydrogens (tertiary/aromatic N) is 1. The van der Waals surface area contributed by atoms with Gasteiger partial charge in [0.05, 0.1) is 0 Å². The Bertz CT molecular complexity index is 595. The van der Waals surface area contributed by atoms with Crippen LogP contribution in [0.3, 0.4) is 0 Å². The molecule has 2 amide bonds. The van der Waals surface area contributed by atoms with Gasteiger partial charge in [0, 0.05) is 6.54 Å². The molecule has 0 bridgehead atoms. The maximum absolute atomic E-state index is 13.2. The zero-order valence-corrected chi connectivity index (χ0v) is 14.8. The van der Waals surface area contributed by atoms with Crippen molar-refractivity contribution in [1.29, 1.82) is 0 Å². The Labute approximate surface area is 144 Å². The highest BCUT2D eigenvalue weighted by molar-refractivity contribution is 5.99. The molecule has 1 saturated heterocycles. The molecule has 2 atom stereocenters. The van der Waals surface area contributed by atoms with Gasteiger partial charge in [-0.05, 0) is 37.7 Å². The minimum atomic E-state index is -0.781. The van der Waals surface area contributed by atoms with Crippen LogP contribution in [0, 0.1) is 5.92 Å². The monoisotopic (exact) mass is 328 g/mol. The van der Waals surface area contributed by atoms with E-state index < -0.39 is 5.54 Å². The number of hydrogen-bond acceptors (Lipinski definition) is 2. The van der Waals surface area contributed by atoms with Gasteiger partial charge in [-0.15, -0.1) is 0 Å². The summed E-state index contributed by atoms with van der Waals surface area (Å²) in [5, 5.41) is 3.03. The van der Waals surface area contributed by atoms with Crippen LogP contribution in [0.4, 0.5) is 0 Å². The Morgan fingerprint density at radius 1 is 1.12 bits per heavy atom. The van der Waals surface area contributed by atoms with E-state index in [0.29, 0.717) is 13.0 Å². The summed E-state index contributed by atoms with van der Waals surface area (Å²) in [7, 11) is 0. The van der Waals surface area contributed by atoms with Crippen LogP contribution in [0.25, 0.3) is 0 Å². The summed E-state index contributed by atoms with van der Waals surface area (Å²) in [5.41, 5.74) is 0.302. The summed E-state index contributed by atoms with van der Waals surface area (Å²) in [4.78, 5) is 28.0. The highest BCUT2D eigenvalue weighted by atomic mass is 16.2. The number of piperazine rings is 1. The maximum atomic E-state index is 13.2. The van der Waals surface area contributed by atoms with Crippen molar-refractivity contribution in [3.8, 4) is 0 Å². The number of carbonyl (C=O) groups is 2. The van der Waals surface area contributed by atoms with Gasteiger partial charge in [0.1, 0.15) is 11.6 Å². The lowest BCUT2D eigenvalue weighted by molar-refractivity contribution is -0.158. The summed E-state index contributed by atoms with van der Waals surface area (Å²) >= 11 is 0. The lowest BCUT2D eigenvalue weighted by Gasteiger charge is -2.47. The van der Waals surface area contributed by atoms with Crippen molar-refractivity contribution in [1.82, 2.24) is 10.2 Å². The molecule has 1 heterocycles. The van der Waals surface area contributed by atoms with E-state index in [9.17, 15) is 9.59 Å². The molecule has 24 heavy (non-hydrogen) atoms. The average molecular weight is 328 g/mol. The van der Waals surface area contributed by atoms with E-state index in [2.05, 4.69) is 5.32 Å². The van der Waals surface area contributed by atoms with Gasteiger partial charge in [-0.25, -0.2) is 0 Å². The van der Waals surface area contributed by atoms with Gasteiger partial charge in [0.2, 0.25) is 11.8 Å². The van der Waals surface area contributed by atoms with Crippen molar-refractivity contribution in [3.05, 3.63) is 35.9 Å². The minimum absolute atomic E-state index is 0.0294. The smallest absolute Gasteiger partial charge is 0.249 e. The van der Waals surface area contributed by atoms with Crippen molar-refractivity contribution < 1.29 is 9.59 Å². The van der Waals surface area contributed by atoms with E-state index in [1.54, 1.807) is 0 Å². The predicted molar refractivity (Wildman–Crippen MR) is 94.2 cm³/mol. The second-order valence-electron chi connectivity index (χ2n) is 7.44. The third kappa shape index (κ3) is 3.19. The van der Waals surface area contributed by atoms with Gasteiger partial charge >= 0.3 is 0 Å². The number of hydrogen-bond donors (Lipinski definition) is 1. The molecule has 1 saturated carbocycles. The zero-order valence-electron chi connectivity index (χ0n) is 14.8. The Kier molecular flexibility index (Phi) is 4.93. The first kappa shape index (κ1) is 17.0. The third-order valence-corrected chi connectivity index (χ3v) is 5.74. The van der Waals surface area contributed by atoms with Crippen molar-refractivity contribution in [3.63, 3.8) is 0 Å². The zero-order chi connectivity index (χ0) is 17.2. The topological polar surface area (TPSA) is 49.4 Å².